The average Bonchev–Trinajstić information content (AvgIpc) is 2.10. The van der Waals surface area contributed by atoms with Crippen molar-refractivity contribution in [3.8, 4) is 0 Å². The van der Waals surface area contributed by atoms with Crippen molar-refractivity contribution in [3.05, 3.63) is 23.1 Å². The summed E-state index contributed by atoms with van der Waals surface area (Å²) in [5.74, 6) is 0.514. The van der Waals surface area contributed by atoms with E-state index in [1.165, 1.54) is 12.0 Å². The Bertz CT molecular complexity index is 226. The van der Waals surface area contributed by atoms with Crippen LogP contribution in [0.25, 0.3) is 0 Å². The summed E-state index contributed by atoms with van der Waals surface area (Å²) in [7, 11) is 3.89. The van der Waals surface area contributed by atoms with E-state index in [4.69, 9.17) is 0 Å². The Morgan fingerprint density at radius 2 is 1.79 bits per heavy atom. The third-order valence-electron chi connectivity index (χ3n) is 1.92. The van der Waals surface area contributed by atoms with Gasteiger partial charge in [-0.1, -0.05) is 25.8 Å². The van der Waals surface area contributed by atoms with E-state index >= 15 is 0 Å². The third kappa shape index (κ3) is 4.35. The van der Waals surface area contributed by atoms with Crippen molar-refractivity contribution >= 4 is 0 Å². The maximum absolute atomic E-state index is 9.45. The van der Waals surface area contributed by atoms with Crippen molar-refractivity contribution in [1.29, 1.82) is 0 Å². The lowest BCUT2D eigenvalue weighted by molar-refractivity contribution is 0.351. The van der Waals surface area contributed by atoms with E-state index in [1.54, 1.807) is 0 Å². The molecule has 2 nitrogen and oxygen atoms in total. The van der Waals surface area contributed by atoms with Gasteiger partial charge in [-0.15, -0.1) is 0 Å². The van der Waals surface area contributed by atoms with Gasteiger partial charge in [0.25, 0.3) is 0 Å². The molecule has 0 fully saturated rings. The second-order valence-electron chi connectivity index (χ2n) is 3.92. The van der Waals surface area contributed by atoms with Gasteiger partial charge in [0.05, 0.1) is 5.70 Å². The van der Waals surface area contributed by atoms with Crippen molar-refractivity contribution in [1.82, 2.24) is 4.90 Å². The predicted molar refractivity (Wildman–Crippen MR) is 62.3 cm³/mol. The molecule has 2 heteroatoms. The first kappa shape index (κ1) is 13.1. The summed E-state index contributed by atoms with van der Waals surface area (Å²) >= 11 is 0. The van der Waals surface area contributed by atoms with Gasteiger partial charge in [0.1, 0.15) is 5.76 Å². The number of hydrogen-bond acceptors (Lipinski definition) is 2. The molecule has 0 aromatic rings. The van der Waals surface area contributed by atoms with Crippen LogP contribution in [0.2, 0.25) is 0 Å². The summed E-state index contributed by atoms with van der Waals surface area (Å²) in [6.07, 6.45) is 5.07. The highest BCUT2D eigenvalue weighted by molar-refractivity contribution is 5.28. The molecule has 0 heterocycles. The van der Waals surface area contributed by atoms with Crippen LogP contribution in [0.15, 0.2) is 23.1 Å². The number of aliphatic hydroxyl groups is 1. The fourth-order valence-electron chi connectivity index (χ4n) is 1.22. The fourth-order valence-corrected chi connectivity index (χ4v) is 1.22. The molecule has 1 aliphatic rings. The summed E-state index contributed by atoms with van der Waals surface area (Å²) < 4.78 is 0. The maximum Gasteiger partial charge on any atom is 0.116 e. The van der Waals surface area contributed by atoms with Crippen LogP contribution >= 0.6 is 0 Å². The van der Waals surface area contributed by atoms with Gasteiger partial charge in [-0.05, 0) is 19.4 Å². The molecule has 0 saturated carbocycles. The van der Waals surface area contributed by atoms with Gasteiger partial charge in [-0.25, -0.2) is 0 Å². The Labute approximate surface area is 87.9 Å². The van der Waals surface area contributed by atoms with Crippen LogP contribution in [0.4, 0.5) is 0 Å². The number of rotatable bonds is 1. The monoisotopic (exact) mass is 197 g/mol. The normalized spacial score (nSPS) is 15.6. The van der Waals surface area contributed by atoms with E-state index in [-0.39, 0.29) is 0 Å². The summed E-state index contributed by atoms with van der Waals surface area (Å²) in [6, 6.07) is 0. The van der Waals surface area contributed by atoms with Crippen molar-refractivity contribution in [3.63, 3.8) is 0 Å². The van der Waals surface area contributed by atoms with E-state index in [9.17, 15) is 5.11 Å². The zero-order chi connectivity index (χ0) is 11.1. The smallest absolute Gasteiger partial charge is 0.116 e. The van der Waals surface area contributed by atoms with Gasteiger partial charge in [0.15, 0.2) is 0 Å². The average molecular weight is 197 g/mol. The van der Waals surface area contributed by atoms with E-state index in [1.807, 2.05) is 25.1 Å². The van der Waals surface area contributed by atoms with E-state index in [0.717, 1.165) is 18.5 Å². The Morgan fingerprint density at radius 1 is 1.29 bits per heavy atom. The van der Waals surface area contributed by atoms with E-state index in [0.29, 0.717) is 5.76 Å². The second kappa shape index (κ2) is 6.52. The molecule has 0 aliphatic heterocycles. The molecule has 0 radical (unpaired) electrons. The molecule has 0 saturated heterocycles. The minimum atomic E-state index is 0.514. The molecule has 1 rings (SSSR count). The number of aliphatic hydroxyl groups excluding tert-OH is 1. The molecular weight excluding hydrogens is 174 g/mol. The van der Waals surface area contributed by atoms with E-state index in [2.05, 4.69) is 20.8 Å². The molecule has 0 aromatic heterocycles. The van der Waals surface area contributed by atoms with Gasteiger partial charge >= 0.3 is 0 Å². The van der Waals surface area contributed by atoms with Crippen LogP contribution in [-0.4, -0.2) is 24.1 Å². The van der Waals surface area contributed by atoms with Gasteiger partial charge < -0.3 is 10.0 Å². The molecule has 14 heavy (non-hydrogen) atoms. The largest absolute Gasteiger partial charge is 0.510 e. The number of likely N-dealkylation sites (N-methyl/N-ethyl adjacent to an activating group) is 1. The van der Waals surface area contributed by atoms with Crippen LogP contribution in [0.1, 0.15) is 40.0 Å². The molecule has 0 amide bonds. The Balaban J connectivity index is 0.000000500. The number of nitrogens with zero attached hydrogens (tertiary/aromatic N) is 1. The first-order valence-corrected chi connectivity index (χ1v) is 5.29. The molecule has 0 aromatic carbocycles. The topological polar surface area (TPSA) is 23.5 Å². The highest BCUT2D eigenvalue weighted by atomic mass is 16.3. The van der Waals surface area contributed by atoms with Gasteiger partial charge in [-0.2, -0.15) is 0 Å². The minimum absolute atomic E-state index is 0.514. The summed E-state index contributed by atoms with van der Waals surface area (Å²) in [5, 5.41) is 9.45. The first-order chi connectivity index (χ1) is 6.52. The van der Waals surface area contributed by atoms with Gasteiger partial charge in [0.2, 0.25) is 0 Å². The van der Waals surface area contributed by atoms with Crippen LogP contribution in [0.3, 0.4) is 0 Å². The quantitative estimate of drug-likeness (QED) is 0.695. The lowest BCUT2D eigenvalue weighted by Gasteiger charge is -2.20. The van der Waals surface area contributed by atoms with Crippen molar-refractivity contribution in [2.75, 3.05) is 14.1 Å². The number of allylic oxidation sites excluding steroid dienone is 3. The van der Waals surface area contributed by atoms with E-state index < -0.39 is 0 Å². The Kier molecular flexibility index (Phi) is 6.09. The van der Waals surface area contributed by atoms with Gasteiger partial charge in [-0.3, -0.25) is 0 Å². The first-order valence-electron chi connectivity index (χ1n) is 5.29. The molecule has 0 spiro atoms. The zero-order valence-corrected chi connectivity index (χ0v) is 10.1. The van der Waals surface area contributed by atoms with Crippen LogP contribution < -0.4 is 0 Å². The molecule has 0 bridgehead atoms. The highest BCUT2D eigenvalue weighted by Gasteiger charge is 2.10. The standard InChI is InChI=1S/C9H15NO.C3H8/c1-7-4-5-9(11)8(6-7)10(2)3;1-3-2/h6,11H,4-5H2,1-3H3;3H2,1-2H3. The molecule has 1 aliphatic carbocycles. The number of hydrogen-bond donors (Lipinski definition) is 1. The third-order valence-corrected chi connectivity index (χ3v) is 1.92. The fraction of sp³-hybridized carbons (Fsp3) is 0.667. The van der Waals surface area contributed by atoms with Crippen LogP contribution in [0.5, 0.6) is 0 Å². The van der Waals surface area contributed by atoms with Gasteiger partial charge in [0, 0.05) is 20.5 Å². The van der Waals surface area contributed by atoms with Crippen molar-refractivity contribution < 1.29 is 5.11 Å². The lowest BCUT2D eigenvalue weighted by Crippen LogP contribution is -2.14. The van der Waals surface area contributed by atoms with Crippen molar-refractivity contribution in [2.24, 2.45) is 0 Å². The van der Waals surface area contributed by atoms with Crippen LogP contribution in [0, 0.1) is 0 Å². The van der Waals surface area contributed by atoms with Crippen LogP contribution in [-0.2, 0) is 0 Å². The highest BCUT2D eigenvalue weighted by Crippen LogP contribution is 2.22. The SMILES string of the molecule is CC1=CC(N(C)C)=C(O)CC1.CCC. The second-order valence-corrected chi connectivity index (χ2v) is 3.92. The summed E-state index contributed by atoms with van der Waals surface area (Å²) in [4.78, 5) is 1.94. The molecular formula is C12H23NO. The maximum atomic E-state index is 9.45. The zero-order valence-electron chi connectivity index (χ0n) is 10.1. The molecule has 0 unspecified atom stereocenters. The minimum Gasteiger partial charge on any atom is -0.510 e. The summed E-state index contributed by atoms with van der Waals surface area (Å²) in [6.45, 7) is 6.34. The summed E-state index contributed by atoms with van der Waals surface area (Å²) in [5.41, 5.74) is 2.29. The Hall–Kier alpha value is -0.920. The Morgan fingerprint density at radius 3 is 2.14 bits per heavy atom. The predicted octanol–water partition coefficient (Wildman–Crippen LogP) is 3.47. The molecule has 0 atom stereocenters. The van der Waals surface area contributed by atoms with Crippen molar-refractivity contribution in [2.45, 2.75) is 40.0 Å². The lowest BCUT2D eigenvalue weighted by atomic mass is 10.0. The molecule has 82 valence electrons. The molecule has 1 N–H and O–H groups in total.